The van der Waals surface area contributed by atoms with Gasteiger partial charge in [-0.3, -0.25) is 4.90 Å². The van der Waals surface area contributed by atoms with E-state index in [2.05, 4.69) is 36.2 Å². The van der Waals surface area contributed by atoms with Gasteiger partial charge in [0, 0.05) is 25.7 Å². The van der Waals surface area contributed by atoms with Gasteiger partial charge >= 0.3 is 6.09 Å². The highest BCUT2D eigenvalue weighted by atomic mass is 16.4. The van der Waals surface area contributed by atoms with Crippen LogP contribution in [-0.4, -0.2) is 53.7 Å². The van der Waals surface area contributed by atoms with E-state index in [1.807, 2.05) is 18.2 Å². The van der Waals surface area contributed by atoms with Crippen LogP contribution in [0.1, 0.15) is 18.4 Å². The summed E-state index contributed by atoms with van der Waals surface area (Å²) in [5, 5.41) is 8.93. The molecule has 0 spiro atoms. The molecule has 108 valence electrons. The van der Waals surface area contributed by atoms with Gasteiger partial charge in [0.2, 0.25) is 0 Å². The van der Waals surface area contributed by atoms with Gasteiger partial charge in [-0.25, -0.2) is 4.79 Å². The summed E-state index contributed by atoms with van der Waals surface area (Å²) >= 11 is 0. The third-order valence-corrected chi connectivity index (χ3v) is 3.86. The molecule has 0 aliphatic carbocycles. The van der Waals surface area contributed by atoms with Crippen LogP contribution in [-0.2, 0) is 0 Å². The van der Waals surface area contributed by atoms with Gasteiger partial charge < -0.3 is 10.0 Å². The molecule has 1 heterocycles. The number of likely N-dealkylation sites (tertiary alicyclic amines) is 1. The lowest BCUT2D eigenvalue weighted by Gasteiger charge is -2.35. The Labute approximate surface area is 120 Å². The number of piperidine rings is 1. The highest BCUT2D eigenvalue weighted by molar-refractivity contribution is 5.65. The summed E-state index contributed by atoms with van der Waals surface area (Å²) in [7, 11) is 2.11. The standard InChI is InChI=1S/C16H22N2O2/c1-17(11-5-8-14-6-3-2-4-7-14)15-9-12-18(13-10-15)16(19)20/h2-8,15H,9-13H2,1H3,(H,19,20). The Balaban J connectivity index is 1.77. The average molecular weight is 274 g/mol. The monoisotopic (exact) mass is 274 g/mol. The Hall–Kier alpha value is -1.81. The van der Waals surface area contributed by atoms with E-state index in [9.17, 15) is 4.79 Å². The third-order valence-electron chi connectivity index (χ3n) is 3.86. The molecule has 1 aliphatic rings. The van der Waals surface area contributed by atoms with Gasteiger partial charge in [-0.1, -0.05) is 42.5 Å². The Morgan fingerprint density at radius 2 is 2.00 bits per heavy atom. The van der Waals surface area contributed by atoms with Crippen molar-refractivity contribution in [1.29, 1.82) is 0 Å². The molecule has 1 N–H and O–H groups in total. The third kappa shape index (κ3) is 4.10. The van der Waals surface area contributed by atoms with Crippen molar-refractivity contribution >= 4 is 12.2 Å². The topological polar surface area (TPSA) is 43.8 Å². The molecule has 1 aliphatic heterocycles. The number of carbonyl (C=O) groups is 1. The minimum absolute atomic E-state index is 0.478. The number of benzene rings is 1. The fourth-order valence-corrected chi connectivity index (χ4v) is 2.57. The van der Waals surface area contributed by atoms with Crippen molar-refractivity contribution in [3.8, 4) is 0 Å². The van der Waals surface area contributed by atoms with Crippen LogP contribution >= 0.6 is 0 Å². The summed E-state index contributed by atoms with van der Waals surface area (Å²) in [6.07, 6.45) is 5.33. The molecule has 0 radical (unpaired) electrons. The van der Waals surface area contributed by atoms with Crippen LogP contribution in [0.15, 0.2) is 36.4 Å². The largest absolute Gasteiger partial charge is 0.465 e. The van der Waals surface area contributed by atoms with E-state index >= 15 is 0 Å². The molecule has 0 atom stereocenters. The molecule has 2 rings (SSSR count). The molecule has 4 heteroatoms. The summed E-state index contributed by atoms with van der Waals surface area (Å²) in [5.41, 5.74) is 1.21. The molecule has 4 nitrogen and oxygen atoms in total. The second kappa shape index (κ2) is 7.10. The van der Waals surface area contributed by atoms with E-state index in [0.717, 1.165) is 19.4 Å². The van der Waals surface area contributed by atoms with Crippen LogP contribution < -0.4 is 0 Å². The van der Waals surface area contributed by atoms with Crippen molar-refractivity contribution < 1.29 is 9.90 Å². The van der Waals surface area contributed by atoms with Crippen molar-refractivity contribution in [2.75, 3.05) is 26.7 Å². The van der Waals surface area contributed by atoms with Crippen LogP contribution in [0.4, 0.5) is 4.79 Å². The van der Waals surface area contributed by atoms with E-state index in [1.54, 1.807) is 0 Å². The number of rotatable bonds is 4. The maximum atomic E-state index is 10.9. The lowest BCUT2D eigenvalue weighted by Crippen LogP contribution is -2.45. The van der Waals surface area contributed by atoms with E-state index in [4.69, 9.17) is 5.11 Å². The van der Waals surface area contributed by atoms with Gasteiger partial charge in [-0.05, 0) is 25.5 Å². The van der Waals surface area contributed by atoms with Crippen molar-refractivity contribution in [2.45, 2.75) is 18.9 Å². The first-order chi connectivity index (χ1) is 9.66. The van der Waals surface area contributed by atoms with Crippen molar-refractivity contribution in [3.63, 3.8) is 0 Å². The second-order valence-electron chi connectivity index (χ2n) is 5.25. The molecule has 0 aromatic heterocycles. The fraction of sp³-hybridized carbons (Fsp3) is 0.438. The predicted octanol–water partition coefficient (Wildman–Crippen LogP) is 2.77. The summed E-state index contributed by atoms with van der Waals surface area (Å²) < 4.78 is 0. The Morgan fingerprint density at radius 1 is 1.35 bits per heavy atom. The normalized spacial score (nSPS) is 17.0. The molecule has 1 fully saturated rings. The van der Waals surface area contributed by atoms with Crippen LogP contribution in [0.2, 0.25) is 0 Å². The first-order valence-electron chi connectivity index (χ1n) is 7.06. The minimum Gasteiger partial charge on any atom is -0.465 e. The Morgan fingerprint density at radius 3 is 2.60 bits per heavy atom. The van der Waals surface area contributed by atoms with Gasteiger partial charge in [0.15, 0.2) is 0 Å². The molecule has 1 aromatic rings. The number of likely N-dealkylation sites (N-methyl/N-ethyl adjacent to an activating group) is 1. The van der Waals surface area contributed by atoms with E-state index < -0.39 is 6.09 Å². The summed E-state index contributed by atoms with van der Waals surface area (Å²) in [5.74, 6) is 0. The second-order valence-corrected chi connectivity index (χ2v) is 5.25. The first-order valence-corrected chi connectivity index (χ1v) is 7.06. The maximum absolute atomic E-state index is 10.9. The summed E-state index contributed by atoms with van der Waals surface area (Å²) in [6.45, 7) is 2.19. The highest BCUT2D eigenvalue weighted by Crippen LogP contribution is 2.15. The van der Waals surface area contributed by atoms with E-state index in [-0.39, 0.29) is 0 Å². The zero-order chi connectivity index (χ0) is 14.4. The van der Waals surface area contributed by atoms with Gasteiger partial charge in [-0.2, -0.15) is 0 Å². The van der Waals surface area contributed by atoms with Gasteiger partial charge in [0.25, 0.3) is 0 Å². The van der Waals surface area contributed by atoms with Crippen molar-refractivity contribution in [2.24, 2.45) is 0 Å². The maximum Gasteiger partial charge on any atom is 0.407 e. The molecule has 0 saturated carbocycles. The SMILES string of the molecule is CN(CC=Cc1ccccc1)C1CCN(C(=O)O)CC1. The number of hydrogen-bond donors (Lipinski definition) is 1. The van der Waals surface area contributed by atoms with Gasteiger partial charge in [0.05, 0.1) is 0 Å². The number of carboxylic acid groups (broad SMARTS) is 1. The Bertz CT molecular complexity index is 451. The average Bonchev–Trinajstić information content (AvgIpc) is 2.48. The van der Waals surface area contributed by atoms with Crippen molar-refractivity contribution in [1.82, 2.24) is 9.80 Å². The minimum atomic E-state index is -0.796. The number of nitrogens with zero attached hydrogens (tertiary/aromatic N) is 2. The smallest absolute Gasteiger partial charge is 0.407 e. The lowest BCUT2D eigenvalue weighted by atomic mass is 10.0. The quantitative estimate of drug-likeness (QED) is 0.918. The molecular weight excluding hydrogens is 252 g/mol. The highest BCUT2D eigenvalue weighted by Gasteiger charge is 2.24. The summed E-state index contributed by atoms with van der Waals surface area (Å²) in [4.78, 5) is 14.7. The molecule has 20 heavy (non-hydrogen) atoms. The molecule has 0 unspecified atom stereocenters. The number of amides is 1. The van der Waals surface area contributed by atoms with E-state index in [1.165, 1.54) is 10.5 Å². The number of hydrogen-bond acceptors (Lipinski definition) is 2. The zero-order valence-corrected chi connectivity index (χ0v) is 11.9. The summed E-state index contributed by atoms with van der Waals surface area (Å²) in [6, 6.07) is 10.7. The zero-order valence-electron chi connectivity index (χ0n) is 11.9. The van der Waals surface area contributed by atoms with E-state index in [0.29, 0.717) is 19.1 Å². The first kappa shape index (κ1) is 14.6. The van der Waals surface area contributed by atoms with Crippen LogP contribution in [0.25, 0.3) is 6.08 Å². The lowest BCUT2D eigenvalue weighted by molar-refractivity contribution is 0.109. The van der Waals surface area contributed by atoms with Crippen LogP contribution in [0.5, 0.6) is 0 Å². The molecule has 1 aromatic carbocycles. The van der Waals surface area contributed by atoms with Gasteiger partial charge in [0.1, 0.15) is 0 Å². The molecule has 0 bridgehead atoms. The fourth-order valence-electron chi connectivity index (χ4n) is 2.57. The predicted molar refractivity (Wildman–Crippen MR) is 80.7 cm³/mol. The van der Waals surface area contributed by atoms with Crippen LogP contribution in [0.3, 0.4) is 0 Å². The van der Waals surface area contributed by atoms with Crippen molar-refractivity contribution in [3.05, 3.63) is 42.0 Å². The Kier molecular flexibility index (Phi) is 5.18. The molecular formula is C16H22N2O2. The van der Waals surface area contributed by atoms with Gasteiger partial charge in [-0.15, -0.1) is 0 Å². The van der Waals surface area contributed by atoms with Crippen LogP contribution in [0, 0.1) is 0 Å². The molecule has 1 amide bonds. The molecule has 1 saturated heterocycles.